The Morgan fingerprint density at radius 1 is 1.33 bits per heavy atom. The molecule has 4 heteroatoms. The highest BCUT2D eigenvalue weighted by molar-refractivity contribution is 9.10. The third kappa shape index (κ3) is 2.43. The molecule has 0 unspecified atom stereocenters. The van der Waals surface area contributed by atoms with Gasteiger partial charge in [-0.05, 0) is 28.8 Å². The van der Waals surface area contributed by atoms with Crippen LogP contribution in [0.1, 0.15) is 42.6 Å². The van der Waals surface area contributed by atoms with E-state index < -0.39 is 0 Å². The van der Waals surface area contributed by atoms with E-state index in [2.05, 4.69) is 25.9 Å². The predicted molar refractivity (Wildman–Crippen MR) is 60.6 cm³/mol. The van der Waals surface area contributed by atoms with Crippen molar-refractivity contribution in [1.29, 1.82) is 0 Å². The van der Waals surface area contributed by atoms with Crippen molar-refractivity contribution >= 4 is 21.7 Å². The minimum absolute atomic E-state index is 0.170. The van der Waals surface area contributed by atoms with Crippen molar-refractivity contribution in [2.75, 3.05) is 0 Å². The highest BCUT2D eigenvalue weighted by Gasteiger charge is 2.24. The van der Waals surface area contributed by atoms with Crippen LogP contribution in [0.2, 0.25) is 0 Å². The molecule has 0 spiro atoms. The van der Waals surface area contributed by atoms with Crippen LogP contribution >= 0.6 is 15.9 Å². The third-order valence-corrected chi connectivity index (χ3v) is 3.46. The van der Waals surface area contributed by atoms with Gasteiger partial charge in [-0.25, -0.2) is 9.97 Å². The zero-order chi connectivity index (χ0) is 10.7. The van der Waals surface area contributed by atoms with Crippen molar-refractivity contribution in [2.45, 2.75) is 32.1 Å². The van der Waals surface area contributed by atoms with Gasteiger partial charge in [-0.3, -0.25) is 4.79 Å². The number of carbonyl (C=O) groups excluding carboxylic acids is 1. The van der Waals surface area contributed by atoms with Crippen LogP contribution in [-0.2, 0) is 0 Å². The number of ketones is 1. The number of halogens is 1. The van der Waals surface area contributed by atoms with Crippen LogP contribution in [0.25, 0.3) is 0 Å². The van der Waals surface area contributed by atoms with E-state index in [9.17, 15) is 4.79 Å². The second kappa shape index (κ2) is 4.84. The molecule has 80 valence electrons. The molecule has 0 atom stereocenters. The van der Waals surface area contributed by atoms with Crippen molar-refractivity contribution in [3.63, 3.8) is 0 Å². The summed E-state index contributed by atoms with van der Waals surface area (Å²) in [5.74, 6) is 0.342. The molecule has 1 fully saturated rings. The normalized spacial score (nSPS) is 17.7. The Hall–Kier alpha value is -0.770. The van der Waals surface area contributed by atoms with Gasteiger partial charge in [0.15, 0.2) is 5.78 Å². The molecule has 0 bridgehead atoms. The average molecular weight is 269 g/mol. The average Bonchev–Trinajstić information content (AvgIpc) is 2.30. The van der Waals surface area contributed by atoms with E-state index in [0.717, 1.165) is 12.8 Å². The number of aromatic nitrogens is 2. The summed E-state index contributed by atoms with van der Waals surface area (Å²) in [5, 5.41) is 0. The first kappa shape index (κ1) is 10.7. The maximum Gasteiger partial charge on any atom is 0.185 e. The van der Waals surface area contributed by atoms with E-state index in [1.54, 1.807) is 6.20 Å². The minimum Gasteiger partial charge on any atom is -0.292 e. The fourth-order valence-electron chi connectivity index (χ4n) is 2.05. The van der Waals surface area contributed by atoms with Crippen LogP contribution in [0.4, 0.5) is 0 Å². The third-order valence-electron chi connectivity index (χ3n) is 2.88. The Balaban J connectivity index is 2.16. The van der Waals surface area contributed by atoms with Gasteiger partial charge in [-0.15, -0.1) is 0 Å². The summed E-state index contributed by atoms with van der Waals surface area (Å²) < 4.78 is 0.709. The van der Waals surface area contributed by atoms with Crippen molar-refractivity contribution in [2.24, 2.45) is 5.92 Å². The van der Waals surface area contributed by atoms with Gasteiger partial charge >= 0.3 is 0 Å². The maximum atomic E-state index is 12.1. The van der Waals surface area contributed by atoms with E-state index >= 15 is 0 Å². The molecule has 1 aliphatic carbocycles. The maximum absolute atomic E-state index is 12.1. The molecule has 2 rings (SSSR count). The molecule has 1 saturated carbocycles. The van der Waals surface area contributed by atoms with E-state index in [1.807, 2.05) is 0 Å². The molecule has 1 aromatic rings. The Kier molecular flexibility index (Phi) is 3.46. The van der Waals surface area contributed by atoms with Gasteiger partial charge in [0, 0.05) is 12.1 Å². The molecule has 0 saturated heterocycles. The Labute approximate surface area is 97.4 Å². The number of nitrogens with zero attached hydrogens (tertiary/aromatic N) is 2. The molecule has 0 amide bonds. The topological polar surface area (TPSA) is 42.9 Å². The van der Waals surface area contributed by atoms with Gasteiger partial charge in [0.25, 0.3) is 0 Å². The van der Waals surface area contributed by atoms with Crippen LogP contribution in [0.15, 0.2) is 17.0 Å². The second-order valence-electron chi connectivity index (χ2n) is 3.92. The van der Waals surface area contributed by atoms with Gasteiger partial charge in [-0.2, -0.15) is 0 Å². The predicted octanol–water partition coefficient (Wildman–Crippen LogP) is 3.00. The summed E-state index contributed by atoms with van der Waals surface area (Å²) in [4.78, 5) is 20.0. The Bertz CT molecular complexity index is 361. The van der Waals surface area contributed by atoms with Gasteiger partial charge in [0.1, 0.15) is 12.0 Å². The zero-order valence-electron chi connectivity index (χ0n) is 8.45. The highest BCUT2D eigenvalue weighted by atomic mass is 79.9. The summed E-state index contributed by atoms with van der Waals surface area (Å²) in [5.41, 5.74) is 0.539. The number of rotatable bonds is 2. The summed E-state index contributed by atoms with van der Waals surface area (Å²) in [7, 11) is 0. The molecule has 15 heavy (non-hydrogen) atoms. The number of hydrogen-bond acceptors (Lipinski definition) is 3. The fourth-order valence-corrected chi connectivity index (χ4v) is 2.47. The monoisotopic (exact) mass is 268 g/mol. The summed E-state index contributed by atoms with van der Waals surface area (Å²) >= 11 is 3.32. The summed E-state index contributed by atoms with van der Waals surface area (Å²) in [6.07, 6.45) is 8.67. The minimum atomic E-state index is 0.170. The fraction of sp³-hybridized carbons (Fsp3) is 0.545. The number of hydrogen-bond donors (Lipinski definition) is 0. The molecule has 1 aromatic heterocycles. The van der Waals surface area contributed by atoms with Crippen molar-refractivity contribution < 1.29 is 4.79 Å². The van der Waals surface area contributed by atoms with Crippen LogP contribution in [0, 0.1) is 5.92 Å². The molecule has 1 heterocycles. The lowest BCUT2D eigenvalue weighted by molar-refractivity contribution is 0.0883. The van der Waals surface area contributed by atoms with Crippen molar-refractivity contribution in [3.8, 4) is 0 Å². The van der Waals surface area contributed by atoms with Crippen LogP contribution in [-0.4, -0.2) is 15.8 Å². The van der Waals surface area contributed by atoms with E-state index in [-0.39, 0.29) is 11.7 Å². The van der Waals surface area contributed by atoms with E-state index in [0.29, 0.717) is 10.2 Å². The zero-order valence-corrected chi connectivity index (χ0v) is 10.0. The molecule has 1 aliphatic rings. The van der Waals surface area contributed by atoms with Gasteiger partial charge < -0.3 is 0 Å². The second-order valence-corrected chi connectivity index (χ2v) is 4.77. The largest absolute Gasteiger partial charge is 0.292 e. The lowest BCUT2D eigenvalue weighted by Gasteiger charge is -2.19. The van der Waals surface area contributed by atoms with Crippen LogP contribution in [0.3, 0.4) is 0 Å². The van der Waals surface area contributed by atoms with E-state index in [1.165, 1.54) is 25.6 Å². The molecule has 0 N–H and O–H groups in total. The first-order valence-electron chi connectivity index (χ1n) is 5.29. The lowest BCUT2D eigenvalue weighted by atomic mass is 9.85. The SMILES string of the molecule is O=C(c1ncncc1Br)C1CCCCC1. The standard InChI is InChI=1S/C11H13BrN2O/c12-9-6-13-7-14-10(9)11(15)8-4-2-1-3-5-8/h6-8H,1-5H2. The molecule has 0 aromatic carbocycles. The Morgan fingerprint density at radius 2 is 2.07 bits per heavy atom. The number of carbonyl (C=O) groups is 1. The van der Waals surface area contributed by atoms with Crippen molar-refractivity contribution in [1.82, 2.24) is 9.97 Å². The molecule has 3 nitrogen and oxygen atoms in total. The number of Topliss-reactive ketones (excluding diaryl/α,β-unsaturated/α-hetero) is 1. The molecule has 0 radical (unpaired) electrons. The van der Waals surface area contributed by atoms with Gasteiger partial charge in [-0.1, -0.05) is 19.3 Å². The highest BCUT2D eigenvalue weighted by Crippen LogP contribution is 2.28. The van der Waals surface area contributed by atoms with Crippen molar-refractivity contribution in [3.05, 3.63) is 22.7 Å². The Morgan fingerprint density at radius 3 is 2.73 bits per heavy atom. The first-order chi connectivity index (χ1) is 7.29. The van der Waals surface area contributed by atoms with Crippen LogP contribution in [0.5, 0.6) is 0 Å². The van der Waals surface area contributed by atoms with Gasteiger partial charge in [0.2, 0.25) is 0 Å². The van der Waals surface area contributed by atoms with Gasteiger partial charge in [0.05, 0.1) is 4.47 Å². The summed E-state index contributed by atoms with van der Waals surface area (Å²) in [6, 6.07) is 0. The molecular formula is C11H13BrN2O. The smallest absolute Gasteiger partial charge is 0.185 e. The lowest BCUT2D eigenvalue weighted by Crippen LogP contribution is -2.19. The molecular weight excluding hydrogens is 256 g/mol. The van der Waals surface area contributed by atoms with E-state index in [4.69, 9.17) is 0 Å². The quantitative estimate of drug-likeness (QED) is 0.775. The summed E-state index contributed by atoms with van der Waals surface area (Å²) in [6.45, 7) is 0. The molecule has 0 aliphatic heterocycles. The first-order valence-corrected chi connectivity index (χ1v) is 6.08. The van der Waals surface area contributed by atoms with Crippen LogP contribution < -0.4 is 0 Å².